The predicted octanol–water partition coefficient (Wildman–Crippen LogP) is -3.53. The van der Waals surface area contributed by atoms with Crippen LogP contribution < -0.4 is 16.8 Å². The Morgan fingerprint density at radius 2 is 1.26 bits per heavy atom. The maximum atomic E-state index is 12.2. The smallest absolute Gasteiger partial charge is 0.326 e. The van der Waals surface area contributed by atoms with Crippen LogP contribution in [-0.2, 0) is 24.0 Å². The molecule has 0 saturated heterocycles. The maximum absolute atomic E-state index is 12.2. The number of rotatable bonds is 17. The van der Waals surface area contributed by atoms with E-state index in [2.05, 4.69) is 10.3 Å². The first kappa shape index (κ1) is 27.5. The van der Waals surface area contributed by atoms with E-state index in [1.165, 1.54) is 0 Å². The van der Waals surface area contributed by atoms with Crippen LogP contribution in [0.1, 0.15) is 12.8 Å². The van der Waals surface area contributed by atoms with Gasteiger partial charge >= 0.3 is 23.9 Å². The highest BCUT2D eigenvalue weighted by Crippen LogP contribution is 2.00. The number of nitrogens with zero attached hydrogens (tertiary/aromatic N) is 3. The van der Waals surface area contributed by atoms with Gasteiger partial charge in [-0.1, -0.05) is 0 Å². The number of hydrogen-bond donors (Lipinski definition) is 7. The Hall–Kier alpha value is -3.46. The first-order valence-electron chi connectivity index (χ1n) is 9.08. The highest BCUT2D eigenvalue weighted by molar-refractivity contribution is 5.85. The van der Waals surface area contributed by atoms with Crippen LogP contribution in [0.15, 0.2) is 4.99 Å². The van der Waals surface area contributed by atoms with Gasteiger partial charge in [-0.15, -0.1) is 0 Å². The summed E-state index contributed by atoms with van der Waals surface area (Å²) in [6.07, 6.45) is 0.301. The minimum atomic E-state index is -1.29. The van der Waals surface area contributed by atoms with Crippen molar-refractivity contribution in [2.75, 3.05) is 45.8 Å². The van der Waals surface area contributed by atoms with Gasteiger partial charge < -0.3 is 37.2 Å². The Balaban J connectivity index is 4.91. The van der Waals surface area contributed by atoms with Crippen LogP contribution in [0.25, 0.3) is 0 Å². The van der Waals surface area contributed by atoms with Crippen molar-refractivity contribution in [3.05, 3.63) is 0 Å². The molecule has 0 rings (SSSR count). The lowest BCUT2D eigenvalue weighted by Gasteiger charge is -2.25. The van der Waals surface area contributed by atoms with E-state index in [0.29, 0.717) is 0 Å². The SMILES string of the molecule is NC(N)=NCCC[C@@H](NC(=O)CN(CCN(CC(=O)O)CC(=O)O)CC(=O)O)C(=O)O. The van der Waals surface area contributed by atoms with Gasteiger partial charge in [0.1, 0.15) is 6.04 Å². The average Bonchev–Trinajstić information content (AvgIpc) is 2.60. The number of guanidine groups is 1. The van der Waals surface area contributed by atoms with E-state index >= 15 is 0 Å². The molecular formula is C16H28N6O9. The van der Waals surface area contributed by atoms with Gasteiger partial charge in [0.15, 0.2) is 5.96 Å². The number of carboxylic acids is 4. The van der Waals surface area contributed by atoms with Crippen LogP contribution in [0, 0.1) is 0 Å². The molecule has 0 aliphatic carbocycles. The molecule has 176 valence electrons. The van der Waals surface area contributed by atoms with Gasteiger partial charge in [-0.25, -0.2) is 4.79 Å². The molecule has 0 unspecified atom stereocenters. The second kappa shape index (κ2) is 14.5. The second-order valence-corrected chi connectivity index (χ2v) is 6.51. The minimum Gasteiger partial charge on any atom is -0.480 e. The third-order valence-electron chi connectivity index (χ3n) is 3.75. The molecule has 0 aromatic carbocycles. The fourth-order valence-electron chi connectivity index (χ4n) is 2.49. The Morgan fingerprint density at radius 1 is 0.806 bits per heavy atom. The third kappa shape index (κ3) is 15.1. The molecule has 0 spiro atoms. The summed E-state index contributed by atoms with van der Waals surface area (Å²) in [6.45, 7) is -2.37. The van der Waals surface area contributed by atoms with E-state index in [-0.39, 0.29) is 38.4 Å². The zero-order chi connectivity index (χ0) is 24.0. The molecule has 0 aliphatic heterocycles. The zero-order valence-electron chi connectivity index (χ0n) is 16.8. The Bertz CT molecular complexity index is 664. The molecule has 0 heterocycles. The van der Waals surface area contributed by atoms with Crippen LogP contribution in [-0.4, -0.2) is 118 Å². The molecule has 1 amide bonds. The molecule has 9 N–H and O–H groups in total. The number of carbonyl (C=O) groups excluding carboxylic acids is 1. The third-order valence-corrected chi connectivity index (χ3v) is 3.75. The lowest BCUT2D eigenvalue weighted by Crippen LogP contribution is -2.48. The standard InChI is InChI=1S/C16H28N6O9/c17-16(18)19-3-1-2-10(15(30)31)20-11(23)6-21(7-12(24)25)4-5-22(8-13(26)27)9-14(28)29/h10H,1-9H2,(H,20,23)(H,24,25)(H,26,27)(H,28,29)(H,30,31)(H4,17,18,19)/t10-/m1/s1. The summed E-state index contributed by atoms with van der Waals surface area (Å²) in [6, 6.07) is -1.25. The Morgan fingerprint density at radius 3 is 1.65 bits per heavy atom. The molecule has 0 aliphatic rings. The quantitative estimate of drug-likeness (QED) is 0.0647. The van der Waals surface area contributed by atoms with Crippen LogP contribution in [0.3, 0.4) is 0 Å². The van der Waals surface area contributed by atoms with Crippen molar-refractivity contribution < 1.29 is 44.4 Å². The van der Waals surface area contributed by atoms with Gasteiger partial charge in [0.25, 0.3) is 0 Å². The molecule has 0 bridgehead atoms. The number of aliphatic imine (C=N–C) groups is 1. The monoisotopic (exact) mass is 448 g/mol. The van der Waals surface area contributed by atoms with Gasteiger partial charge in [0, 0.05) is 19.6 Å². The largest absolute Gasteiger partial charge is 0.480 e. The molecule has 31 heavy (non-hydrogen) atoms. The average molecular weight is 448 g/mol. The molecule has 1 atom stereocenters. The highest BCUT2D eigenvalue weighted by Gasteiger charge is 2.22. The van der Waals surface area contributed by atoms with E-state index in [4.69, 9.17) is 26.8 Å². The Kier molecular flexibility index (Phi) is 12.9. The van der Waals surface area contributed by atoms with E-state index in [9.17, 15) is 29.1 Å². The van der Waals surface area contributed by atoms with Crippen molar-refractivity contribution in [3.8, 4) is 0 Å². The summed E-state index contributed by atoms with van der Waals surface area (Å²) >= 11 is 0. The van der Waals surface area contributed by atoms with Gasteiger partial charge in [0.2, 0.25) is 5.91 Å². The molecule has 0 saturated carbocycles. The molecule has 15 heteroatoms. The minimum absolute atomic E-state index is 0.0295. The van der Waals surface area contributed by atoms with E-state index in [0.717, 1.165) is 9.80 Å². The molecule has 0 aromatic rings. The van der Waals surface area contributed by atoms with E-state index in [1.54, 1.807) is 0 Å². The van der Waals surface area contributed by atoms with E-state index < -0.39 is 62.0 Å². The summed E-state index contributed by atoms with van der Waals surface area (Å²) in [7, 11) is 0. The molecule has 15 nitrogen and oxygen atoms in total. The van der Waals surface area contributed by atoms with Gasteiger partial charge in [0.05, 0.1) is 26.2 Å². The van der Waals surface area contributed by atoms with Gasteiger partial charge in [-0.2, -0.15) is 0 Å². The summed E-state index contributed by atoms with van der Waals surface area (Å²) < 4.78 is 0. The fourth-order valence-corrected chi connectivity index (χ4v) is 2.49. The van der Waals surface area contributed by atoms with Crippen molar-refractivity contribution in [3.63, 3.8) is 0 Å². The summed E-state index contributed by atoms with van der Waals surface area (Å²) in [5.74, 6) is -6.03. The second-order valence-electron chi connectivity index (χ2n) is 6.51. The summed E-state index contributed by atoms with van der Waals surface area (Å²) in [5.41, 5.74) is 10.3. The van der Waals surface area contributed by atoms with Crippen LogP contribution in [0.2, 0.25) is 0 Å². The van der Waals surface area contributed by atoms with Crippen LogP contribution in [0.5, 0.6) is 0 Å². The number of aliphatic carboxylic acids is 4. The first-order chi connectivity index (χ1) is 14.4. The lowest BCUT2D eigenvalue weighted by molar-refractivity contribution is -0.144. The van der Waals surface area contributed by atoms with Crippen molar-refractivity contribution in [2.24, 2.45) is 16.5 Å². The van der Waals surface area contributed by atoms with Gasteiger partial charge in [-0.05, 0) is 12.8 Å². The van der Waals surface area contributed by atoms with Crippen LogP contribution >= 0.6 is 0 Å². The van der Waals surface area contributed by atoms with Crippen molar-refractivity contribution in [1.82, 2.24) is 15.1 Å². The highest BCUT2D eigenvalue weighted by atomic mass is 16.4. The number of carbonyl (C=O) groups is 5. The van der Waals surface area contributed by atoms with Gasteiger partial charge in [-0.3, -0.25) is 34.0 Å². The predicted molar refractivity (Wildman–Crippen MR) is 105 cm³/mol. The first-order valence-corrected chi connectivity index (χ1v) is 9.08. The molecule has 0 aromatic heterocycles. The normalized spacial score (nSPS) is 11.7. The van der Waals surface area contributed by atoms with Crippen molar-refractivity contribution in [1.29, 1.82) is 0 Å². The molecule has 0 radical (unpaired) electrons. The number of nitrogens with one attached hydrogen (secondary N) is 1. The fraction of sp³-hybridized carbons (Fsp3) is 0.625. The topological polar surface area (TPSA) is 249 Å². The number of hydrogen-bond acceptors (Lipinski definition) is 8. The molecular weight excluding hydrogens is 420 g/mol. The molecule has 0 fully saturated rings. The van der Waals surface area contributed by atoms with Crippen molar-refractivity contribution >= 4 is 35.7 Å². The Labute approximate surface area is 177 Å². The number of nitrogens with two attached hydrogens (primary N) is 2. The summed E-state index contributed by atoms with van der Waals surface area (Å²) in [5, 5.41) is 38.2. The number of amides is 1. The summed E-state index contributed by atoms with van der Waals surface area (Å²) in [4.78, 5) is 62.1. The van der Waals surface area contributed by atoms with E-state index in [1.807, 2.05) is 0 Å². The maximum Gasteiger partial charge on any atom is 0.326 e. The lowest BCUT2D eigenvalue weighted by atomic mass is 10.1. The van der Waals surface area contributed by atoms with Crippen molar-refractivity contribution in [2.45, 2.75) is 18.9 Å². The number of carboxylic acid groups (broad SMARTS) is 4. The zero-order valence-corrected chi connectivity index (χ0v) is 16.8. The van der Waals surface area contributed by atoms with Crippen LogP contribution in [0.4, 0.5) is 0 Å².